The van der Waals surface area contributed by atoms with Crippen LogP contribution in [-0.4, -0.2) is 153 Å². The lowest BCUT2D eigenvalue weighted by molar-refractivity contribution is -0.296. The van der Waals surface area contributed by atoms with Gasteiger partial charge in [0.15, 0.2) is 18.7 Å². The number of nitrogens with two attached hydrogens (primary N) is 1. The number of cyclic esters (lactones) is 1. The molecule has 0 unspecified atom stereocenters. The molecule has 2 aromatic rings. The normalized spacial score (nSPS) is 34.4. The number of ether oxygens (including phenoxy) is 5. The fraction of sp³-hybridized carbons (Fsp3) is 0.714. The molecule has 70 heavy (non-hydrogen) atoms. The van der Waals surface area contributed by atoms with E-state index in [-0.39, 0.29) is 63.0 Å². The fourth-order valence-corrected chi connectivity index (χ4v) is 9.97. The number of Topliss-reactive ketones (excluding diaryl/α,β-unsaturated/α-hetero) is 1. The number of carbonyl (C=O) groups is 4. The Morgan fingerprint density at radius 1 is 1.11 bits per heavy atom. The first-order chi connectivity index (χ1) is 32.8. The topological polar surface area (TPSA) is 256 Å². The number of amides is 2. The lowest BCUT2D eigenvalue weighted by Crippen LogP contribution is -2.61. The maximum absolute atomic E-state index is 17.0. The Morgan fingerprint density at radius 2 is 1.83 bits per heavy atom. The summed E-state index contributed by atoms with van der Waals surface area (Å²) in [5.41, 5.74) is 0.664. The molecule has 2 aromatic heterocycles. The molecule has 13 atom stereocenters. The molecule has 3 aliphatic rings. The molecule has 0 spiro atoms. The summed E-state index contributed by atoms with van der Waals surface area (Å²) in [5.74, 6) is -5.05. The van der Waals surface area contributed by atoms with Crippen molar-refractivity contribution in [1.29, 1.82) is 0 Å². The highest BCUT2D eigenvalue weighted by molar-refractivity contribution is 7.13. The zero-order valence-corrected chi connectivity index (χ0v) is 43.4. The van der Waals surface area contributed by atoms with Crippen LogP contribution in [0.3, 0.4) is 0 Å². The Labute approximate surface area is 414 Å². The van der Waals surface area contributed by atoms with Gasteiger partial charge in [-0.25, -0.2) is 24.1 Å². The van der Waals surface area contributed by atoms with E-state index < -0.39 is 95.3 Å². The molecular weight excluding hydrogens is 930 g/mol. The second-order valence-electron chi connectivity index (χ2n) is 20.1. The van der Waals surface area contributed by atoms with Crippen molar-refractivity contribution in [3.63, 3.8) is 0 Å². The van der Waals surface area contributed by atoms with Crippen LogP contribution >= 0.6 is 11.3 Å². The van der Waals surface area contributed by atoms with E-state index in [2.05, 4.69) is 25.4 Å². The number of fused-ring (bicyclic) bond motifs is 5. The number of thiazole rings is 1. The summed E-state index contributed by atoms with van der Waals surface area (Å²) < 4.78 is 48.8. The second kappa shape index (κ2) is 24.0. The predicted octanol–water partition coefficient (Wildman–Crippen LogP) is 5.19. The summed E-state index contributed by atoms with van der Waals surface area (Å²) in [6, 6.07) is 4.06. The van der Waals surface area contributed by atoms with E-state index in [1.807, 2.05) is 39.8 Å². The monoisotopic (exact) mass is 1000 g/mol. The average molecular weight is 1000 g/mol. The van der Waals surface area contributed by atoms with Gasteiger partial charge in [-0.15, -0.1) is 11.3 Å². The Balaban J connectivity index is 1.56. The van der Waals surface area contributed by atoms with Crippen molar-refractivity contribution in [1.82, 2.24) is 14.9 Å². The first kappa shape index (κ1) is 56.7. The van der Waals surface area contributed by atoms with Gasteiger partial charge in [0, 0.05) is 35.9 Å². The van der Waals surface area contributed by atoms with Crippen LogP contribution in [0, 0.1) is 17.8 Å². The molecule has 21 heteroatoms. The molecule has 2 bridgehead atoms. The number of aromatic nitrogens is 2. The van der Waals surface area contributed by atoms with Crippen molar-refractivity contribution in [3.05, 3.63) is 29.3 Å². The molecule has 0 aliphatic carbocycles. The van der Waals surface area contributed by atoms with E-state index >= 15 is 4.39 Å². The molecular formula is C49H74FN7O12S. The number of ketones is 1. The highest BCUT2D eigenvalue weighted by atomic mass is 32.1. The first-order valence-corrected chi connectivity index (χ1v) is 25.0. The largest absolute Gasteiger partial charge is 0.457 e. The number of aliphatic hydroxyl groups is 2. The number of aliphatic imine (C=N–C) groups is 1. The minimum absolute atomic E-state index is 0.0144. The van der Waals surface area contributed by atoms with Crippen LogP contribution in [0.25, 0.3) is 10.7 Å². The number of carbonyl (C=O) groups excluding carboxylic acids is 4. The van der Waals surface area contributed by atoms with Crippen molar-refractivity contribution in [3.8, 4) is 10.7 Å². The predicted molar refractivity (Wildman–Crippen MR) is 261 cm³/mol. The van der Waals surface area contributed by atoms with Crippen LogP contribution in [0.5, 0.6) is 0 Å². The van der Waals surface area contributed by atoms with Gasteiger partial charge in [-0.3, -0.25) is 14.4 Å². The molecule has 2 amide bonds. The van der Waals surface area contributed by atoms with Crippen LogP contribution in [0.2, 0.25) is 0 Å². The lowest BCUT2D eigenvalue weighted by Gasteiger charge is -2.47. The van der Waals surface area contributed by atoms with E-state index in [0.29, 0.717) is 40.8 Å². The number of esters is 1. The number of hydrogen-bond donors (Lipinski definition) is 4. The second-order valence-corrected chi connectivity index (χ2v) is 20.9. The van der Waals surface area contributed by atoms with Crippen LogP contribution in [-0.2, 0) is 54.3 Å². The Kier molecular flexibility index (Phi) is 19.5. The summed E-state index contributed by atoms with van der Waals surface area (Å²) in [5, 5.41) is 33.6. The van der Waals surface area contributed by atoms with Gasteiger partial charge in [-0.05, 0) is 91.4 Å². The molecule has 5 N–H and O–H groups in total. The maximum Gasteiger partial charge on any atom is 0.351 e. The van der Waals surface area contributed by atoms with E-state index in [0.717, 1.165) is 6.92 Å². The van der Waals surface area contributed by atoms with Crippen LogP contribution in [0.15, 0.2) is 33.7 Å². The minimum Gasteiger partial charge on any atom is -0.457 e. The molecule has 3 saturated heterocycles. The Morgan fingerprint density at radius 3 is 2.49 bits per heavy atom. The lowest BCUT2D eigenvalue weighted by atomic mass is 9.75. The van der Waals surface area contributed by atoms with Crippen LogP contribution in [0.1, 0.15) is 113 Å². The number of halogens is 1. The molecule has 0 aromatic carbocycles. The molecule has 0 saturated carbocycles. The van der Waals surface area contributed by atoms with Gasteiger partial charge in [0.2, 0.25) is 11.8 Å². The number of hydrogen-bond acceptors (Lipinski definition) is 18. The Hall–Kier alpha value is -4.19. The number of likely N-dealkylation sites (N-methyl/N-ethyl adjacent to an activating group) is 1. The number of pyridine rings is 1. The highest BCUT2D eigenvalue weighted by Gasteiger charge is 2.56. The quantitative estimate of drug-likeness (QED) is 0.114. The van der Waals surface area contributed by atoms with Crippen LogP contribution < -0.4 is 11.1 Å². The molecule has 19 nitrogen and oxygen atoms in total. The summed E-state index contributed by atoms with van der Waals surface area (Å²) in [7, 11) is 3.62. The molecule has 5 heterocycles. The van der Waals surface area contributed by atoms with Crippen molar-refractivity contribution in [2.24, 2.45) is 33.6 Å². The zero-order chi connectivity index (χ0) is 51.9. The maximum atomic E-state index is 17.0. The third-order valence-electron chi connectivity index (χ3n) is 13.3. The van der Waals surface area contributed by atoms with Crippen molar-refractivity contribution < 1.29 is 62.3 Å². The number of rotatable bonds is 13. The fourth-order valence-electron chi connectivity index (χ4n) is 9.20. The summed E-state index contributed by atoms with van der Waals surface area (Å²) in [6.07, 6.45) is -6.22. The van der Waals surface area contributed by atoms with Crippen molar-refractivity contribution in [2.45, 2.75) is 180 Å². The van der Waals surface area contributed by atoms with Gasteiger partial charge in [0.05, 0.1) is 48.9 Å². The zero-order valence-electron chi connectivity index (χ0n) is 42.6. The number of aliphatic hydroxyl groups excluding tert-OH is 1. The Bertz CT molecular complexity index is 2200. The van der Waals surface area contributed by atoms with Gasteiger partial charge < -0.3 is 54.7 Å². The van der Waals surface area contributed by atoms with Gasteiger partial charge in [-0.2, -0.15) is 0 Å². The van der Waals surface area contributed by atoms with Crippen molar-refractivity contribution >= 4 is 52.1 Å². The third kappa shape index (κ3) is 13.9. The van der Waals surface area contributed by atoms with Gasteiger partial charge >= 0.3 is 5.97 Å². The van der Waals surface area contributed by atoms with Gasteiger partial charge in [0.25, 0.3) is 5.67 Å². The van der Waals surface area contributed by atoms with E-state index in [1.165, 1.54) is 25.2 Å². The van der Waals surface area contributed by atoms with E-state index in [4.69, 9.17) is 34.3 Å². The molecule has 3 fully saturated rings. The summed E-state index contributed by atoms with van der Waals surface area (Å²) >= 11 is 1.30. The minimum atomic E-state index is -3.24. The van der Waals surface area contributed by atoms with Crippen molar-refractivity contribution in [2.75, 3.05) is 32.6 Å². The average Bonchev–Trinajstić information content (AvgIpc) is 3.77. The summed E-state index contributed by atoms with van der Waals surface area (Å²) in [4.78, 5) is 75.7. The molecule has 5 rings (SSSR count). The SMILES string of the molecule is CCC(=O)N=C1C[C@@H]2OC/C(=N\OCc3csc(-c4cccc(NC(=O)[C@@H](N)CC(C)C)n4)n3)CO[C@](C)(C[C@H]1C)[C@H](O[C@@H]1O[C@H](C)C[C@H](N(C)C)[C@H]1O)[C@@H](C)C(=O)[C@](C)(F)C(=O)O[C@H](CC)[C@@]2(C)O. The van der Waals surface area contributed by atoms with Gasteiger partial charge in [-0.1, -0.05) is 52.8 Å². The molecule has 3 aliphatic heterocycles. The van der Waals surface area contributed by atoms with E-state index in [1.54, 1.807) is 51.3 Å². The number of anilines is 1. The van der Waals surface area contributed by atoms with Gasteiger partial charge in [0.1, 0.15) is 40.0 Å². The number of oxime groups is 1. The first-order valence-electron chi connectivity index (χ1n) is 24.1. The van der Waals surface area contributed by atoms with E-state index in [9.17, 15) is 29.4 Å². The third-order valence-corrected chi connectivity index (χ3v) is 14.2. The highest BCUT2D eigenvalue weighted by Crippen LogP contribution is 2.40. The number of nitrogens with zero attached hydrogens (tertiary/aromatic N) is 5. The summed E-state index contributed by atoms with van der Waals surface area (Å²) in [6.45, 7) is 15.4. The number of alkyl halides is 1. The standard InChI is InChI=1S/C49H74FN7O12S/c1-13-36-49(10,63)37-20-34(54-39(58)14-2)27(5)21-47(8,42(29(7)41(60)48(9,50)46(62)68-36)69-45-40(59)35(57(11)12)19-28(6)67-45)65-23-30(22-64-37)56-66-24-31-25-70-44(52-31)33-16-15-17-38(53-33)55-43(61)32(51)18-26(3)4/h15-17,25-29,32,35-37,40,42,45,59,63H,13-14,18-24,51H2,1-12H3,(H,53,55,61)/b54-34?,56-30+/t27-,28-,29+,32+,35+,36-,37+,40-,42-,45+,47-,48+,49-/m1/s1. The molecule has 390 valence electrons. The molecule has 0 radical (unpaired) electrons. The smallest absolute Gasteiger partial charge is 0.351 e. The van der Waals surface area contributed by atoms with Crippen LogP contribution in [0.4, 0.5) is 10.2 Å². The number of nitrogens with one attached hydrogen (secondary N) is 1.